The second kappa shape index (κ2) is 27.2. The smallest absolute Gasteiger partial charge is 0.252 e. The first-order valence-corrected chi connectivity index (χ1v) is 42.7. The van der Waals surface area contributed by atoms with Crippen LogP contribution in [-0.4, -0.2) is 27.9 Å². The van der Waals surface area contributed by atoms with E-state index in [0.29, 0.717) is 23.7 Å². The molecule has 5 heteroatoms. The highest BCUT2D eigenvalue weighted by atomic mass is 15.2. The molecule has 8 aliphatic rings. The highest BCUT2D eigenvalue weighted by molar-refractivity contribution is 7.00. The van der Waals surface area contributed by atoms with Crippen molar-refractivity contribution < 1.29 is 0 Å². The molecule has 2 aliphatic heterocycles. The third kappa shape index (κ3) is 12.6. The van der Waals surface area contributed by atoms with E-state index in [0.717, 1.165) is 51.4 Å². The summed E-state index contributed by atoms with van der Waals surface area (Å²) in [6.45, 7) is 35.6. The summed E-state index contributed by atoms with van der Waals surface area (Å²) in [5.41, 5.74) is 33.6. The number of anilines is 4. The van der Waals surface area contributed by atoms with E-state index in [1.54, 1.807) is 22.3 Å². The van der Waals surface area contributed by atoms with Crippen LogP contribution in [0.2, 0.25) is 0 Å². The van der Waals surface area contributed by atoms with Crippen molar-refractivity contribution in [2.45, 2.75) is 259 Å². The van der Waals surface area contributed by atoms with E-state index >= 15 is 0 Å². The van der Waals surface area contributed by atoms with Crippen LogP contribution in [0.1, 0.15) is 247 Å². The zero-order chi connectivity index (χ0) is 75.4. The third-order valence-electron chi connectivity index (χ3n) is 27.5. The van der Waals surface area contributed by atoms with Crippen LogP contribution >= 0.6 is 0 Å². The van der Waals surface area contributed by atoms with Crippen molar-refractivity contribution >= 4 is 89.5 Å². The average Bonchev–Trinajstić information content (AvgIpc) is 0.927. The lowest BCUT2D eigenvalue weighted by atomic mass is 9.33. The Balaban J connectivity index is 0.979. The molecule has 0 bridgehead atoms. The Morgan fingerprint density at radius 2 is 0.697 bits per heavy atom. The zero-order valence-electron chi connectivity index (χ0n) is 68.5. The molecule has 6 aliphatic carbocycles. The molecule has 2 aromatic heterocycles. The van der Waals surface area contributed by atoms with Crippen LogP contribution in [0.3, 0.4) is 0 Å². The van der Waals surface area contributed by atoms with Crippen molar-refractivity contribution in [1.29, 1.82) is 0 Å². The molecule has 8 aromatic carbocycles. The fraction of sp³-hybridized carbons (Fsp3) is 0.423. The van der Waals surface area contributed by atoms with Gasteiger partial charge in [-0.2, -0.15) is 0 Å². The lowest BCUT2D eigenvalue weighted by molar-refractivity contribution is 0.391. The van der Waals surface area contributed by atoms with Gasteiger partial charge in [0.15, 0.2) is 0 Å². The maximum absolute atomic E-state index is 3.09. The predicted octanol–water partition coefficient (Wildman–Crippen LogP) is 26.6. The molecule has 0 saturated carbocycles. The van der Waals surface area contributed by atoms with Gasteiger partial charge in [0, 0.05) is 67.5 Å². The van der Waals surface area contributed by atoms with E-state index < -0.39 is 0 Å². The first kappa shape index (κ1) is 72.0. The van der Waals surface area contributed by atoms with E-state index in [-0.39, 0.29) is 45.9 Å². The van der Waals surface area contributed by atoms with E-state index in [1.165, 1.54) is 197 Å². The van der Waals surface area contributed by atoms with E-state index in [2.05, 4.69) is 317 Å². The molecule has 6 unspecified atom stereocenters. The maximum atomic E-state index is 3.09. The van der Waals surface area contributed by atoms with E-state index in [4.69, 9.17) is 0 Å². The minimum atomic E-state index is -0.0754. The molecular weight excluding hydrogens is 1320 g/mol. The summed E-state index contributed by atoms with van der Waals surface area (Å²) in [6, 6.07) is 61.3. The van der Waals surface area contributed by atoms with E-state index in [1.807, 2.05) is 0 Å². The molecule has 10 aromatic rings. The summed E-state index contributed by atoms with van der Waals surface area (Å²) in [4.78, 5) is 6.18. The van der Waals surface area contributed by atoms with Crippen LogP contribution in [-0.2, 0) is 27.1 Å². The lowest BCUT2D eigenvalue weighted by Gasteiger charge is -2.53. The van der Waals surface area contributed by atoms with Gasteiger partial charge in [-0.25, -0.2) is 0 Å². The molecule has 0 radical (unpaired) electrons. The number of hydrogen-bond acceptors (Lipinski definition) is 2. The van der Waals surface area contributed by atoms with Gasteiger partial charge in [-0.1, -0.05) is 224 Å². The summed E-state index contributed by atoms with van der Waals surface area (Å²) in [5, 5.41) is 5.33. The normalized spacial score (nSPS) is 22.1. The molecule has 6 atom stereocenters. The quantitative estimate of drug-likeness (QED) is 0.106. The van der Waals surface area contributed by atoms with Gasteiger partial charge in [0.05, 0.1) is 34.2 Å². The number of aromatic nitrogens is 2. The average molecular weight is 1440 g/mol. The van der Waals surface area contributed by atoms with Crippen LogP contribution < -0.4 is 26.2 Å². The van der Waals surface area contributed by atoms with Crippen molar-refractivity contribution in [1.82, 2.24) is 9.13 Å². The number of nitrogens with zero attached hydrogens (tertiary/aromatic N) is 4. The molecule has 0 N–H and O–H groups in total. The Bertz CT molecular complexity index is 5020. The first-order chi connectivity index (χ1) is 52.2. The van der Waals surface area contributed by atoms with Crippen LogP contribution in [0.25, 0.3) is 66.1 Å². The molecule has 0 saturated heterocycles. The largest absolute Gasteiger partial charge is 0.334 e. The molecule has 0 spiro atoms. The Kier molecular flexibility index (Phi) is 17.9. The van der Waals surface area contributed by atoms with Crippen molar-refractivity contribution in [3.63, 3.8) is 0 Å². The van der Waals surface area contributed by atoms with Gasteiger partial charge in [0.1, 0.15) is 0 Å². The number of benzene rings is 8. The Morgan fingerprint density at radius 1 is 0.321 bits per heavy atom. The highest BCUT2D eigenvalue weighted by Gasteiger charge is 2.51. The topological polar surface area (TPSA) is 16.3 Å². The number of fused-ring (bicyclic) bond motifs is 10. The molecule has 0 fully saturated rings. The van der Waals surface area contributed by atoms with Gasteiger partial charge in [-0.05, 0) is 306 Å². The molecule has 0 amide bonds. The van der Waals surface area contributed by atoms with E-state index in [9.17, 15) is 0 Å². The first-order valence-electron chi connectivity index (χ1n) is 42.7. The Morgan fingerprint density at radius 3 is 1.04 bits per heavy atom. The van der Waals surface area contributed by atoms with Gasteiger partial charge < -0.3 is 18.9 Å². The molecule has 4 nitrogen and oxygen atoms in total. The van der Waals surface area contributed by atoms with Gasteiger partial charge >= 0.3 is 0 Å². The number of hydrogen-bond donors (Lipinski definition) is 0. The van der Waals surface area contributed by atoms with Crippen LogP contribution in [0.15, 0.2) is 216 Å². The summed E-state index contributed by atoms with van der Waals surface area (Å²) >= 11 is 0. The van der Waals surface area contributed by atoms with Crippen molar-refractivity contribution in [3.8, 4) is 22.5 Å². The lowest BCUT2D eigenvalue weighted by Crippen LogP contribution is -2.65. The van der Waals surface area contributed by atoms with Crippen molar-refractivity contribution in [2.75, 3.05) is 9.80 Å². The second-order valence-corrected chi connectivity index (χ2v) is 39.7. The van der Waals surface area contributed by atoms with Gasteiger partial charge in [-0.3, -0.25) is 0 Å². The van der Waals surface area contributed by atoms with Gasteiger partial charge in [0.25, 0.3) is 6.71 Å². The summed E-state index contributed by atoms with van der Waals surface area (Å²) in [7, 11) is 0. The van der Waals surface area contributed by atoms with Crippen molar-refractivity contribution in [3.05, 3.63) is 244 Å². The molecular formula is C104H119BN4. The number of rotatable bonds is 9. The van der Waals surface area contributed by atoms with Gasteiger partial charge in [-0.15, -0.1) is 0 Å². The fourth-order valence-electron chi connectivity index (χ4n) is 21.4. The Hall–Kier alpha value is -8.54. The second-order valence-electron chi connectivity index (χ2n) is 39.7. The molecule has 4 heterocycles. The summed E-state index contributed by atoms with van der Waals surface area (Å²) < 4.78 is 5.34. The van der Waals surface area contributed by atoms with Gasteiger partial charge in [0.2, 0.25) is 0 Å². The summed E-state index contributed by atoms with van der Waals surface area (Å²) in [5.74, 6) is 1.64. The monoisotopic (exact) mass is 1430 g/mol. The number of allylic oxidation sites excluding steroid dienone is 8. The van der Waals surface area contributed by atoms with Crippen LogP contribution in [0.5, 0.6) is 0 Å². The maximum Gasteiger partial charge on any atom is 0.252 e. The minimum absolute atomic E-state index is 0.00593. The SMILES string of the molecule is CC(C)(C)c1ccc(-c2cc3c4c(c2)N(C2C(C5CC=CCC5)=CCCC2C2=CCCCC2)c2cc(-n5c6ccc(C(C)(C)C)cc6c6cc(C(C)(C)C)ccc65)ccc2B4c2ccc(-n4c5ccc(C(C)(C)C)cc5c5cc(C(C)(C)C)ccc54)cc2N3C2C(C3CC=CCC3)=CCCC2C2=CCCCC2)cc1. The third-order valence-corrected chi connectivity index (χ3v) is 27.5. The van der Waals surface area contributed by atoms with Crippen molar-refractivity contribution in [2.24, 2.45) is 23.7 Å². The van der Waals surface area contributed by atoms with Crippen LogP contribution in [0, 0.1) is 23.7 Å². The summed E-state index contributed by atoms with van der Waals surface area (Å²) in [6.07, 6.45) is 42.3. The fourth-order valence-corrected chi connectivity index (χ4v) is 21.4. The Labute approximate surface area is 653 Å². The molecule has 18 rings (SSSR count). The highest BCUT2D eigenvalue weighted by Crippen LogP contribution is 2.54. The van der Waals surface area contributed by atoms with Crippen LogP contribution in [0.4, 0.5) is 22.7 Å². The molecule has 558 valence electrons. The zero-order valence-corrected chi connectivity index (χ0v) is 68.5. The molecule has 109 heavy (non-hydrogen) atoms. The minimum Gasteiger partial charge on any atom is -0.334 e. The predicted molar refractivity (Wildman–Crippen MR) is 471 cm³/mol. The standard InChI is InChI=1S/C104H119BN4/c1-100(2,3)72-44-42-66(43-45-72)71-58-95-97-96(59-71)109(99-81(69-34-24-18-25-35-69)40-29-41-82(99)70-36-26-19-27-37-70)94-65-78(107-91-56-48-75(103(10,11)12)62-85(91)86-63-76(104(13,14)15)49-57-92(86)107)51-53-88(94)105(97)87-52-50-77(106-89-54-46-73(101(4,5)6)60-83(89)84-61-74(102(7,8)9)47-55-90(84)106)64-93(87)108(95)98-79(67-30-20-16-21-31-67)38-28-39-80(98)68-32-22-17-23-33-68/h16,18,20,24,32,36,38,40,42-65,67,69,80,82,98-99H,17,19,21-23,25-31,33-35,37,39,41H2,1-15H3.